The van der Waals surface area contributed by atoms with Gasteiger partial charge in [-0.1, -0.05) is 12.1 Å². The van der Waals surface area contributed by atoms with Crippen LogP contribution in [0.5, 0.6) is 0 Å². The Morgan fingerprint density at radius 3 is 2.92 bits per heavy atom. The van der Waals surface area contributed by atoms with E-state index >= 15 is 0 Å². The van der Waals surface area contributed by atoms with Crippen LogP contribution in [0.25, 0.3) is 10.8 Å². The van der Waals surface area contributed by atoms with Gasteiger partial charge in [0, 0.05) is 11.6 Å². The summed E-state index contributed by atoms with van der Waals surface area (Å²) in [5.74, 6) is 0.594. The number of rotatable bonds is 0. The standard InChI is InChI=1S/C9H9N2P/c10-9-8-5-7(12)2-1-6(8)3-4-11-9/h1-5H,12H2,(H2,10,11). The fourth-order valence-corrected chi connectivity index (χ4v) is 1.47. The van der Waals surface area contributed by atoms with E-state index in [0.29, 0.717) is 5.82 Å². The van der Waals surface area contributed by atoms with Crippen molar-refractivity contribution in [1.29, 1.82) is 0 Å². The third-order valence-corrected chi connectivity index (χ3v) is 2.18. The van der Waals surface area contributed by atoms with Crippen LogP contribution < -0.4 is 11.0 Å². The first-order chi connectivity index (χ1) is 5.77. The van der Waals surface area contributed by atoms with Crippen LogP contribution in [0.15, 0.2) is 30.5 Å². The Morgan fingerprint density at radius 2 is 2.08 bits per heavy atom. The molecule has 3 heteroatoms. The number of fused-ring (bicyclic) bond motifs is 1. The van der Waals surface area contributed by atoms with E-state index in [4.69, 9.17) is 5.73 Å². The molecule has 2 aromatic rings. The Hall–Kier alpha value is -1.14. The van der Waals surface area contributed by atoms with E-state index in [2.05, 4.69) is 14.2 Å². The molecule has 0 amide bonds. The highest BCUT2D eigenvalue weighted by Crippen LogP contribution is 2.17. The molecular weight excluding hydrogens is 167 g/mol. The van der Waals surface area contributed by atoms with E-state index in [1.807, 2.05) is 24.3 Å². The number of hydrogen-bond donors (Lipinski definition) is 1. The van der Waals surface area contributed by atoms with Crippen molar-refractivity contribution in [2.24, 2.45) is 0 Å². The first-order valence-electron chi connectivity index (χ1n) is 3.67. The lowest BCUT2D eigenvalue weighted by Gasteiger charge is -2.00. The topological polar surface area (TPSA) is 38.9 Å². The predicted octanol–water partition coefficient (Wildman–Crippen LogP) is 1.32. The molecule has 2 nitrogen and oxygen atoms in total. The molecule has 2 rings (SSSR count). The van der Waals surface area contributed by atoms with Gasteiger partial charge in [-0.3, -0.25) is 0 Å². The van der Waals surface area contributed by atoms with Crippen molar-refractivity contribution in [3.8, 4) is 0 Å². The van der Waals surface area contributed by atoms with Crippen LogP contribution in [0.1, 0.15) is 0 Å². The second-order valence-corrected chi connectivity index (χ2v) is 3.34. The van der Waals surface area contributed by atoms with Crippen LogP contribution >= 0.6 is 9.24 Å². The molecule has 1 aromatic heterocycles. The van der Waals surface area contributed by atoms with Gasteiger partial charge in [-0.05, 0) is 22.8 Å². The second kappa shape index (κ2) is 2.72. The van der Waals surface area contributed by atoms with Gasteiger partial charge in [0.05, 0.1) is 0 Å². The van der Waals surface area contributed by atoms with Crippen molar-refractivity contribution < 1.29 is 0 Å². The third kappa shape index (κ3) is 1.15. The Kier molecular flexibility index (Phi) is 1.70. The summed E-state index contributed by atoms with van der Waals surface area (Å²) in [7, 11) is 2.64. The van der Waals surface area contributed by atoms with E-state index in [1.54, 1.807) is 6.20 Å². The summed E-state index contributed by atoms with van der Waals surface area (Å²) in [5.41, 5.74) is 5.70. The van der Waals surface area contributed by atoms with Gasteiger partial charge in [0.1, 0.15) is 5.82 Å². The first-order valence-corrected chi connectivity index (χ1v) is 4.25. The maximum absolute atomic E-state index is 5.70. The van der Waals surface area contributed by atoms with E-state index < -0.39 is 0 Å². The number of nitrogen functional groups attached to an aromatic ring is 1. The van der Waals surface area contributed by atoms with Crippen molar-refractivity contribution in [3.05, 3.63) is 30.5 Å². The van der Waals surface area contributed by atoms with E-state index in [1.165, 1.54) is 0 Å². The van der Waals surface area contributed by atoms with Crippen molar-refractivity contribution in [2.75, 3.05) is 5.73 Å². The zero-order valence-corrected chi connectivity index (χ0v) is 7.64. The van der Waals surface area contributed by atoms with Gasteiger partial charge in [-0.15, -0.1) is 9.24 Å². The van der Waals surface area contributed by atoms with E-state index in [0.717, 1.165) is 16.1 Å². The average molecular weight is 176 g/mol. The highest BCUT2D eigenvalue weighted by molar-refractivity contribution is 7.27. The van der Waals surface area contributed by atoms with Crippen LogP contribution in [-0.2, 0) is 0 Å². The molecule has 0 fully saturated rings. The predicted molar refractivity (Wildman–Crippen MR) is 55.5 cm³/mol. The lowest BCUT2D eigenvalue weighted by Crippen LogP contribution is -1.94. The van der Waals surface area contributed by atoms with E-state index in [9.17, 15) is 0 Å². The normalized spacial score (nSPS) is 10.4. The van der Waals surface area contributed by atoms with Crippen LogP contribution in [0, 0.1) is 0 Å². The molecule has 0 radical (unpaired) electrons. The molecule has 2 N–H and O–H groups in total. The largest absolute Gasteiger partial charge is 0.383 e. The molecule has 0 aliphatic carbocycles. The molecule has 1 aromatic carbocycles. The number of benzene rings is 1. The Labute approximate surface area is 73.0 Å². The SMILES string of the molecule is Nc1nccc2ccc(P)cc12. The molecule has 0 spiro atoms. The summed E-state index contributed by atoms with van der Waals surface area (Å²) in [5, 5.41) is 3.28. The molecule has 1 atom stereocenters. The minimum atomic E-state index is 0.594. The monoisotopic (exact) mass is 176 g/mol. The van der Waals surface area contributed by atoms with Gasteiger partial charge in [0.15, 0.2) is 0 Å². The quantitative estimate of drug-likeness (QED) is 0.615. The minimum Gasteiger partial charge on any atom is -0.383 e. The van der Waals surface area contributed by atoms with Gasteiger partial charge in [-0.2, -0.15) is 0 Å². The number of nitrogens with two attached hydrogens (primary N) is 1. The number of aromatic nitrogens is 1. The van der Waals surface area contributed by atoms with Crippen molar-refractivity contribution in [3.63, 3.8) is 0 Å². The van der Waals surface area contributed by atoms with Crippen LogP contribution in [0.3, 0.4) is 0 Å². The third-order valence-electron chi connectivity index (χ3n) is 1.82. The fraction of sp³-hybridized carbons (Fsp3) is 0. The molecule has 0 aliphatic heterocycles. The van der Waals surface area contributed by atoms with Crippen molar-refractivity contribution in [1.82, 2.24) is 4.98 Å². The first kappa shape index (κ1) is 7.51. The summed E-state index contributed by atoms with van der Waals surface area (Å²) in [4.78, 5) is 4.02. The maximum atomic E-state index is 5.70. The van der Waals surface area contributed by atoms with Gasteiger partial charge in [-0.25, -0.2) is 4.98 Å². The van der Waals surface area contributed by atoms with Gasteiger partial charge < -0.3 is 5.73 Å². The summed E-state index contributed by atoms with van der Waals surface area (Å²) in [6.07, 6.45) is 1.72. The minimum absolute atomic E-state index is 0.594. The Balaban J connectivity index is 2.88. The average Bonchev–Trinajstić information content (AvgIpc) is 2.07. The van der Waals surface area contributed by atoms with Crippen LogP contribution in [0.4, 0.5) is 5.82 Å². The summed E-state index contributed by atoms with van der Waals surface area (Å²) >= 11 is 0. The fourth-order valence-electron chi connectivity index (χ4n) is 1.21. The zero-order chi connectivity index (χ0) is 8.55. The lowest BCUT2D eigenvalue weighted by molar-refractivity contribution is 1.37. The van der Waals surface area contributed by atoms with Gasteiger partial charge >= 0.3 is 0 Å². The summed E-state index contributed by atoms with van der Waals surface area (Å²) in [6, 6.07) is 8.04. The molecule has 1 unspecified atom stereocenters. The number of nitrogens with zero attached hydrogens (tertiary/aromatic N) is 1. The molecule has 0 bridgehead atoms. The Bertz CT molecular complexity index is 426. The molecule has 60 valence electrons. The molecule has 0 saturated heterocycles. The molecule has 1 heterocycles. The van der Waals surface area contributed by atoms with Crippen molar-refractivity contribution in [2.45, 2.75) is 0 Å². The highest BCUT2D eigenvalue weighted by Gasteiger charge is 1.97. The van der Waals surface area contributed by atoms with Crippen LogP contribution in [0.2, 0.25) is 0 Å². The summed E-state index contributed by atoms with van der Waals surface area (Å²) in [6.45, 7) is 0. The molecule has 0 aliphatic rings. The Morgan fingerprint density at radius 1 is 1.25 bits per heavy atom. The number of anilines is 1. The van der Waals surface area contributed by atoms with Gasteiger partial charge in [0.25, 0.3) is 0 Å². The van der Waals surface area contributed by atoms with Crippen molar-refractivity contribution >= 4 is 31.1 Å². The summed E-state index contributed by atoms with van der Waals surface area (Å²) < 4.78 is 0. The second-order valence-electron chi connectivity index (χ2n) is 2.68. The maximum Gasteiger partial charge on any atom is 0.131 e. The van der Waals surface area contributed by atoms with Gasteiger partial charge in [0.2, 0.25) is 0 Å². The molecule has 12 heavy (non-hydrogen) atoms. The zero-order valence-electron chi connectivity index (χ0n) is 6.49. The molecular formula is C9H9N2P. The highest BCUT2D eigenvalue weighted by atomic mass is 31.0. The number of hydrogen-bond acceptors (Lipinski definition) is 2. The molecule has 0 saturated carbocycles. The lowest BCUT2D eigenvalue weighted by atomic mass is 10.2. The smallest absolute Gasteiger partial charge is 0.131 e. The van der Waals surface area contributed by atoms with Crippen LogP contribution in [-0.4, -0.2) is 4.98 Å². The number of pyridine rings is 1. The van der Waals surface area contributed by atoms with E-state index in [-0.39, 0.29) is 0 Å².